The van der Waals surface area contributed by atoms with Crippen LogP contribution in [-0.2, 0) is 28.6 Å². The van der Waals surface area contributed by atoms with Crippen molar-refractivity contribution in [3.63, 3.8) is 0 Å². The first-order chi connectivity index (χ1) is 20.8. The topological polar surface area (TPSA) is 129 Å². The highest BCUT2D eigenvalue weighted by Crippen LogP contribution is 2.69. The lowest BCUT2D eigenvalue weighted by Gasteiger charge is -2.62. The van der Waals surface area contributed by atoms with E-state index in [1.54, 1.807) is 13.0 Å². The van der Waals surface area contributed by atoms with E-state index in [9.17, 15) is 24.3 Å². The fourth-order valence-electron chi connectivity index (χ4n) is 8.33. The van der Waals surface area contributed by atoms with Crippen molar-refractivity contribution in [2.75, 3.05) is 13.2 Å². The minimum absolute atomic E-state index is 0.00633. The number of halogens is 2. The van der Waals surface area contributed by atoms with E-state index in [0.717, 1.165) is 6.08 Å². The molecule has 0 unspecified atom stereocenters. The molecule has 0 aromatic carbocycles. The summed E-state index contributed by atoms with van der Waals surface area (Å²) in [4.78, 5) is 48.8. The van der Waals surface area contributed by atoms with Crippen molar-refractivity contribution in [1.29, 1.82) is 0 Å². The first kappa shape index (κ1) is 31.8. The number of esters is 3. The van der Waals surface area contributed by atoms with Crippen LogP contribution in [0.5, 0.6) is 0 Å². The molecule has 0 saturated heterocycles. The minimum Gasteiger partial charge on any atom is -0.458 e. The third kappa shape index (κ3) is 5.02. The average Bonchev–Trinajstić information content (AvgIpc) is 3.59. The predicted octanol–water partition coefficient (Wildman–Crippen LogP) is 4.79. The van der Waals surface area contributed by atoms with Crippen LogP contribution in [0.1, 0.15) is 63.9 Å². The third-order valence-corrected chi connectivity index (χ3v) is 10.3. The first-order valence-electron chi connectivity index (χ1n) is 15.0. The molecule has 0 radical (unpaired) electrons. The van der Waals surface area contributed by atoms with E-state index < -0.39 is 70.4 Å². The van der Waals surface area contributed by atoms with Crippen molar-refractivity contribution in [3.05, 3.63) is 59.6 Å². The van der Waals surface area contributed by atoms with Crippen LogP contribution >= 0.6 is 0 Å². The number of fused-ring (bicyclic) bond motifs is 5. The number of carbonyl (C=O) groups is 4. The Hall–Kier alpha value is -3.60. The Morgan fingerprint density at radius 3 is 2.55 bits per heavy atom. The molecule has 3 saturated carbocycles. The van der Waals surface area contributed by atoms with Gasteiger partial charge in [-0.15, -0.1) is 0 Å². The van der Waals surface area contributed by atoms with Crippen LogP contribution in [0, 0.1) is 28.6 Å². The van der Waals surface area contributed by atoms with Gasteiger partial charge in [0.05, 0.1) is 19.0 Å². The van der Waals surface area contributed by atoms with Crippen LogP contribution in [0.3, 0.4) is 0 Å². The number of alkyl halides is 2. The minimum atomic E-state index is -2.30. The van der Waals surface area contributed by atoms with Gasteiger partial charge in [0, 0.05) is 22.3 Å². The number of ketones is 1. The van der Waals surface area contributed by atoms with Gasteiger partial charge in [-0.25, -0.2) is 23.2 Å². The Morgan fingerprint density at radius 2 is 1.86 bits per heavy atom. The zero-order valence-corrected chi connectivity index (χ0v) is 25.2. The van der Waals surface area contributed by atoms with Gasteiger partial charge in [-0.3, -0.25) is 4.79 Å². The second-order valence-corrected chi connectivity index (χ2v) is 12.8. The summed E-state index contributed by atoms with van der Waals surface area (Å²) in [7, 11) is 0. The van der Waals surface area contributed by atoms with Crippen molar-refractivity contribution >= 4 is 23.7 Å². The van der Waals surface area contributed by atoms with Gasteiger partial charge in [0.15, 0.2) is 11.5 Å². The predicted molar refractivity (Wildman–Crippen MR) is 151 cm³/mol. The van der Waals surface area contributed by atoms with Crippen molar-refractivity contribution in [3.8, 4) is 0 Å². The van der Waals surface area contributed by atoms with Crippen LogP contribution in [0.25, 0.3) is 0 Å². The van der Waals surface area contributed by atoms with Gasteiger partial charge >= 0.3 is 17.9 Å². The van der Waals surface area contributed by atoms with Crippen LogP contribution in [0.2, 0.25) is 0 Å². The molecule has 44 heavy (non-hydrogen) atoms. The van der Waals surface area contributed by atoms with E-state index in [1.165, 1.54) is 37.5 Å². The molecular formula is C33H38F2O9. The van der Waals surface area contributed by atoms with Crippen LogP contribution < -0.4 is 0 Å². The SMILES string of the molecule is CCOC(=O)C(=O)OC/C=C/CC1=C[C@@]2(C)C(=CC1=O)[C@@H](F)C[C@H]1[C@@H]3C[C@@H](C)[C@H](OC(=O)c4ccco4)[C@@]3(C)C[C@H](O)[C@@]12F. The maximum absolute atomic E-state index is 17.8. The molecule has 9 nitrogen and oxygen atoms in total. The molecule has 1 aromatic rings. The van der Waals surface area contributed by atoms with Crippen LogP contribution in [-0.4, -0.2) is 66.1 Å². The smallest absolute Gasteiger partial charge is 0.417 e. The first-order valence-corrected chi connectivity index (χ1v) is 15.0. The zero-order valence-electron chi connectivity index (χ0n) is 25.2. The Morgan fingerprint density at radius 1 is 1.14 bits per heavy atom. The highest BCUT2D eigenvalue weighted by Gasteiger charge is 2.73. The summed E-state index contributed by atoms with van der Waals surface area (Å²) in [6.45, 7) is 6.65. The number of carbonyl (C=O) groups excluding carboxylic acids is 4. The molecular weight excluding hydrogens is 578 g/mol. The third-order valence-electron chi connectivity index (χ3n) is 10.3. The van der Waals surface area contributed by atoms with Crippen LogP contribution in [0.15, 0.2) is 58.3 Å². The van der Waals surface area contributed by atoms with E-state index in [0.29, 0.717) is 6.42 Å². The normalized spacial score (nSPS) is 37.8. The lowest BCUT2D eigenvalue weighted by molar-refractivity contribution is -0.207. The largest absolute Gasteiger partial charge is 0.458 e. The number of allylic oxidation sites excluding steroid dienone is 5. The van der Waals surface area contributed by atoms with E-state index in [2.05, 4.69) is 4.74 Å². The molecule has 11 heteroatoms. The molecule has 0 spiro atoms. The number of aliphatic hydroxyl groups is 1. The van der Waals surface area contributed by atoms with Crippen molar-refractivity contribution < 1.29 is 51.7 Å². The molecule has 9 atom stereocenters. The summed E-state index contributed by atoms with van der Waals surface area (Å²) in [5.74, 6) is -4.83. The quantitative estimate of drug-likeness (QED) is 0.199. The fourth-order valence-corrected chi connectivity index (χ4v) is 8.33. The van der Waals surface area contributed by atoms with Crippen LogP contribution in [0.4, 0.5) is 8.78 Å². The molecule has 238 valence electrons. The fraction of sp³-hybridized carbons (Fsp3) is 0.576. The summed E-state index contributed by atoms with van der Waals surface area (Å²) in [5.41, 5.74) is -4.52. The Kier molecular flexibility index (Phi) is 8.48. The Bertz CT molecular complexity index is 1410. The number of hydrogen-bond donors (Lipinski definition) is 1. The summed E-state index contributed by atoms with van der Waals surface area (Å²) in [6.07, 6.45) is 3.42. The number of rotatable bonds is 7. The van der Waals surface area contributed by atoms with E-state index in [4.69, 9.17) is 13.9 Å². The van der Waals surface area contributed by atoms with Gasteiger partial charge in [-0.1, -0.05) is 32.1 Å². The summed E-state index contributed by atoms with van der Waals surface area (Å²) >= 11 is 0. The second kappa shape index (κ2) is 11.7. The molecule has 5 rings (SSSR count). The van der Waals surface area contributed by atoms with Gasteiger partial charge < -0.3 is 23.7 Å². The summed E-state index contributed by atoms with van der Waals surface area (Å²) in [6, 6.07) is 3.07. The molecule has 3 fully saturated rings. The molecule has 0 aliphatic heterocycles. The Labute approximate surface area is 254 Å². The molecule has 1 N–H and O–H groups in total. The van der Waals surface area contributed by atoms with Gasteiger partial charge in [0.2, 0.25) is 5.76 Å². The number of furan rings is 1. The number of hydrogen-bond acceptors (Lipinski definition) is 9. The maximum Gasteiger partial charge on any atom is 0.417 e. The molecule has 0 amide bonds. The van der Waals surface area contributed by atoms with Crippen molar-refractivity contribution in [1.82, 2.24) is 0 Å². The van der Waals surface area contributed by atoms with Crippen molar-refractivity contribution in [2.24, 2.45) is 28.6 Å². The maximum atomic E-state index is 17.8. The van der Waals surface area contributed by atoms with Crippen molar-refractivity contribution in [2.45, 2.75) is 77.4 Å². The molecule has 1 heterocycles. The lowest BCUT2D eigenvalue weighted by atomic mass is 9.45. The molecule has 0 bridgehead atoms. The van der Waals surface area contributed by atoms with Gasteiger partial charge in [-0.2, -0.15) is 0 Å². The highest BCUT2D eigenvalue weighted by atomic mass is 19.1. The molecule has 4 aliphatic rings. The molecule has 4 aliphatic carbocycles. The number of ether oxygens (including phenoxy) is 3. The van der Waals surface area contributed by atoms with E-state index in [1.807, 2.05) is 13.8 Å². The van der Waals surface area contributed by atoms with Gasteiger partial charge in [-0.05, 0) is 75.1 Å². The summed E-state index contributed by atoms with van der Waals surface area (Å²) < 4.78 is 54.2. The van der Waals surface area contributed by atoms with E-state index >= 15 is 8.78 Å². The molecule has 1 aromatic heterocycles. The lowest BCUT2D eigenvalue weighted by Crippen LogP contribution is -2.68. The van der Waals surface area contributed by atoms with E-state index in [-0.39, 0.29) is 55.3 Å². The highest BCUT2D eigenvalue weighted by molar-refractivity contribution is 6.29. The zero-order chi connectivity index (χ0) is 32.0. The number of aliphatic hydroxyl groups excluding tert-OH is 1. The average molecular weight is 617 g/mol. The summed E-state index contributed by atoms with van der Waals surface area (Å²) in [5, 5.41) is 11.6. The second-order valence-electron chi connectivity index (χ2n) is 12.8. The standard InChI is InChI=1S/C33H38F2O9/c1-5-41-29(39)30(40)43-11-7-6-9-19-16-32(4)22(15-24(19)36)23(34)14-21-20-13-18(2)27(44-28(38)25-10-8-12-42-25)31(20,3)17-26(37)33(21,32)35/h6-8,10,12,15-16,18,20-21,23,26-27,37H,5,9,11,13-14,17H2,1-4H3/b7-6+/t18-,20+,21+,23+,26+,27+,31+,32+,33+/m1/s1. The Balaban J connectivity index is 1.39. The monoisotopic (exact) mass is 616 g/mol. The van der Waals surface area contributed by atoms with Gasteiger partial charge in [0.1, 0.15) is 18.9 Å². The van der Waals surface area contributed by atoms with Gasteiger partial charge in [0.25, 0.3) is 0 Å².